The van der Waals surface area contributed by atoms with E-state index in [9.17, 15) is 10.1 Å². The predicted molar refractivity (Wildman–Crippen MR) is 77.9 cm³/mol. The van der Waals surface area contributed by atoms with Crippen LogP contribution in [-0.2, 0) is 0 Å². The number of para-hydroxylation sites is 2. The molecule has 0 aliphatic carbocycles. The number of nitrogens with zero attached hydrogens (tertiary/aromatic N) is 4. The molecule has 1 aromatic carbocycles. The van der Waals surface area contributed by atoms with Crippen LogP contribution in [0.5, 0.6) is 0 Å². The second-order valence-corrected chi connectivity index (χ2v) is 4.37. The molecule has 2 aromatic heterocycles. The van der Waals surface area contributed by atoms with Crippen LogP contribution in [0.25, 0.3) is 16.9 Å². The van der Waals surface area contributed by atoms with Gasteiger partial charge < -0.3 is 5.73 Å². The molecule has 0 bridgehead atoms. The SMILES string of the molecule is Nc1cn(-c2ccccc2[N+](=O)[O-])nc1-c1cccnc1. The molecular weight excluding hydrogens is 270 g/mol. The number of anilines is 1. The normalized spacial score (nSPS) is 10.5. The van der Waals surface area contributed by atoms with E-state index in [0.717, 1.165) is 5.56 Å². The zero-order valence-electron chi connectivity index (χ0n) is 10.9. The van der Waals surface area contributed by atoms with Gasteiger partial charge in [0, 0.05) is 24.0 Å². The number of nitro benzene ring substituents is 1. The molecule has 104 valence electrons. The highest BCUT2D eigenvalue weighted by molar-refractivity contribution is 5.72. The third kappa shape index (κ3) is 2.32. The molecule has 0 saturated heterocycles. The van der Waals surface area contributed by atoms with Crippen molar-refractivity contribution in [1.29, 1.82) is 0 Å². The van der Waals surface area contributed by atoms with Gasteiger partial charge in [0.1, 0.15) is 11.4 Å². The molecule has 0 fully saturated rings. The van der Waals surface area contributed by atoms with Gasteiger partial charge in [0.25, 0.3) is 5.69 Å². The Bertz CT molecular complexity index is 798. The Balaban J connectivity index is 2.12. The van der Waals surface area contributed by atoms with Crippen LogP contribution in [0.1, 0.15) is 0 Å². The van der Waals surface area contributed by atoms with E-state index < -0.39 is 4.92 Å². The monoisotopic (exact) mass is 281 g/mol. The zero-order chi connectivity index (χ0) is 14.8. The molecule has 0 saturated carbocycles. The number of hydrogen-bond acceptors (Lipinski definition) is 5. The van der Waals surface area contributed by atoms with Crippen molar-refractivity contribution in [3.63, 3.8) is 0 Å². The number of nitro groups is 1. The molecule has 7 nitrogen and oxygen atoms in total. The van der Waals surface area contributed by atoms with Crippen molar-refractivity contribution in [3.05, 3.63) is 65.1 Å². The molecule has 0 atom stereocenters. The number of aromatic nitrogens is 3. The fraction of sp³-hybridized carbons (Fsp3) is 0. The minimum Gasteiger partial charge on any atom is -0.396 e. The van der Waals surface area contributed by atoms with Gasteiger partial charge in [-0.05, 0) is 18.2 Å². The van der Waals surface area contributed by atoms with Crippen LogP contribution in [-0.4, -0.2) is 19.7 Å². The van der Waals surface area contributed by atoms with E-state index in [1.54, 1.807) is 42.9 Å². The molecule has 2 N–H and O–H groups in total. The van der Waals surface area contributed by atoms with E-state index >= 15 is 0 Å². The molecule has 2 heterocycles. The number of nitrogens with two attached hydrogens (primary N) is 1. The van der Waals surface area contributed by atoms with Gasteiger partial charge in [0.05, 0.1) is 16.8 Å². The van der Waals surface area contributed by atoms with E-state index in [0.29, 0.717) is 17.1 Å². The Labute approximate surface area is 119 Å². The van der Waals surface area contributed by atoms with Gasteiger partial charge >= 0.3 is 0 Å². The van der Waals surface area contributed by atoms with Crippen LogP contribution in [0.4, 0.5) is 11.4 Å². The second-order valence-electron chi connectivity index (χ2n) is 4.37. The van der Waals surface area contributed by atoms with Crippen LogP contribution in [0.3, 0.4) is 0 Å². The highest BCUT2D eigenvalue weighted by Crippen LogP contribution is 2.27. The summed E-state index contributed by atoms with van der Waals surface area (Å²) in [6.07, 6.45) is 4.85. The van der Waals surface area contributed by atoms with Crippen LogP contribution in [0, 0.1) is 10.1 Å². The second kappa shape index (κ2) is 5.04. The quantitative estimate of drug-likeness (QED) is 0.587. The van der Waals surface area contributed by atoms with E-state index in [1.807, 2.05) is 6.07 Å². The molecule has 0 amide bonds. The first-order valence-corrected chi connectivity index (χ1v) is 6.16. The molecule has 3 rings (SSSR count). The minimum atomic E-state index is -0.447. The minimum absolute atomic E-state index is 0.0299. The molecule has 7 heteroatoms. The molecule has 0 aliphatic heterocycles. The van der Waals surface area contributed by atoms with Crippen molar-refractivity contribution in [2.75, 3.05) is 5.73 Å². The molecule has 0 aliphatic rings. The highest BCUT2D eigenvalue weighted by Gasteiger charge is 2.17. The van der Waals surface area contributed by atoms with Crippen LogP contribution in [0.15, 0.2) is 55.0 Å². The van der Waals surface area contributed by atoms with Gasteiger partial charge in [0.15, 0.2) is 0 Å². The Morgan fingerprint density at radius 1 is 1.19 bits per heavy atom. The molecular formula is C14H11N5O2. The van der Waals surface area contributed by atoms with Gasteiger partial charge in [-0.15, -0.1) is 0 Å². The number of nitrogen functional groups attached to an aromatic ring is 1. The Morgan fingerprint density at radius 3 is 2.71 bits per heavy atom. The van der Waals surface area contributed by atoms with Crippen LogP contribution in [0.2, 0.25) is 0 Å². The van der Waals surface area contributed by atoms with Gasteiger partial charge in [-0.2, -0.15) is 5.10 Å². The number of pyridine rings is 1. The highest BCUT2D eigenvalue weighted by atomic mass is 16.6. The number of benzene rings is 1. The molecule has 0 spiro atoms. The lowest BCUT2D eigenvalue weighted by atomic mass is 10.2. The molecule has 21 heavy (non-hydrogen) atoms. The predicted octanol–water partition coefficient (Wildman–Crippen LogP) is 2.42. The Hall–Kier alpha value is -3.22. The molecule has 0 radical (unpaired) electrons. The van der Waals surface area contributed by atoms with Crippen molar-refractivity contribution in [1.82, 2.24) is 14.8 Å². The van der Waals surface area contributed by atoms with Crippen LogP contribution < -0.4 is 5.73 Å². The number of hydrogen-bond donors (Lipinski definition) is 1. The summed E-state index contributed by atoms with van der Waals surface area (Å²) in [7, 11) is 0. The lowest BCUT2D eigenvalue weighted by Crippen LogP contribution is -2.00. The third-order valence-corrected chi connectivity index (χ3v) is 3.00. The fourth-order valence-corrected chi connectivity index (χ4v) is 2.05. The standard InChI is InChI=1S/C14H11N5O2/c15-11-9-18(12-5-1-2-6-13(12)19(20)21)17-14(11)10-4-3-7-16-8-10/h1-9H,15H2. The van der Waals surface area contributed by atoms with Gasteiger partial charge in [0.2, 0.25) is 0 Å². The topological polar surface area (TPSA) is 99.9 Å². The van der Waals surface area contributed by atoms with Crippen LogP contribution >= 0.6 is 0 Å². The van der Waals surface area contributed by atoms with E-state index in [1.165, 1.54) is 10.7 Å². The average Bonchev–Trinajstić information content (AvgIpc) is 2.90. The van der Waals surface area contributed by atoms with Gasteiger partial charge in [-0.1, -0.05) is 12.1 Å². The van der Waals surface area contributed by atoms with Crippen molar-refractivity contribution < 1.29 is 4.92 Å². The van der Waals surface area contributed by atoms with E-state index in [2.05, 4.69) is 10.1 Å². The maximum atomic E-state index is 11.1. The number of rotatable bonds is 3. The van der Waals surface area contributed by atoms with Gasteiger partial charge in [-0.25, -0.2) is 4.68 Å². The maximum absolute atomic E-state index is 11.1. The summed E-state index contributed by atoms with van der Waals surface area (Å²) in [5.41, 5.74) is 8.02. The van der Waals surface area contributed by atoms with E-state index in [-0.39, 0.29) is 5.69 Å². The summed E-state index contributed by atoms with van der Waals surface area (Å²) in [5.74, 6) is 0. The maximum Gasteiger partial charge on any atom is 0.294 e. The lowest BCUT2D eigenvalue weighted by Gasteiger charge is -2.02. The Morgan fingerprint density at radius 2 is 2.00 bits per heavy atom. The molecule has 0 unspecified atom stereocenters. The fourth-order valence-electron chi connectivity index (χ4n) is 2.05. The first kappa shape index (κ1) is 12.8. The van der Waals surface area contributed by atoms with Gasteiger partial charge in [-0.3, -0.25) is 15.1 Å². The third-order valence-electron chi connectivity index (χ3n) is 3.00. The summed E-state index contributed by atoms with van der Waals surface area (Å²) in [6, 6.07) is 9.98. The summed E-state index contributed by atoms with van der Waals surface area (Å²) in [6.45, 7) is 0. The first-order valence-electron chi connectivity index (χ1n) is 6.16. The smallest absolute Gasteiger partial charge is 0.294 e. The van der Waals surface area contributed by atoms with Crippen molar-refractivity contribution in [2.24, 2.45) is 0 Å². The molecule has 3 aromatic rings. The summed E-state index contributed by atoms with van der Waals surface area (Å²) < 4.78 is 1.41. The lowest BCUT2D eigenvalue weighted by molar-refractivity contribution is -0.384. The summed E-state index contributed by atoms with van der Waals surface area (Å²) in [4.78, 5) is 14.6. The first-order chi connectivity index (χ1) is 10.2. The largest absolute Gasteiger partial charge is 0.396 e. The van der Waals surface area contributed by atoms with Crippen molar-refractivity contribution in [2.45, 2.75) is 0 Å². The van der Waals surface area contributed by atoms with Crippen molar-refractivity contribution >= 4 is 11.4 Å². The van der Waals surface area contributed by atoms with Crippen molar-refractivity contribution in [3.8, 4) is 16.9 Å². The Kier molecular flexibility index (Phi) is 3.07. The zero-order valence-corrected chi connectivity index (χ0v) is 10.9. The summed E-state index contributed by atoms with van der Waals surface area (Å²) in [5, 5.41) is 15.4. The summed E-state index contributed by atoms with van der Waals surface area (Å²) >= 11 is 0. The average molecular weight is 281 g/mol. The van der Waals surface area contributed by atoms with E-state index in [4.69, 9.17) is 5.73 Å².